The highest BCUT2D eigenvalue weighted by Crippen LogP contribution is 2.22. The lowest BCUT2D eigenvalue weighted by Gasteiger charge is -2.04. The van der Waals surface area contributed by atoms with Gasteiger partial charge in [0, 0.05) is 54.5 Å². The third kappa shape index (κ3) is 9.92. The van der Waals surface area contributed by atoms with E-state index >= 15 is 0 Å². The Kier molecular flexibility index (Phi) is 13.6. The van der Waals surface area contributed by atoms with Gasteiger partial charge in [0.05, 0.1) is 32.8 Å². The van der Waals surface area contributed by atoms with Crippen LogP contribution in [0.1, 0.15) is 30.5 Å². The SMILES string of the molecule is CCn1cc(B(O)O)cn1.CCn1cc(Cc2cc(OC)cnc2Cl)cn1.COc1cnc(Cl)c(CBr)c1. The Bertz CT molecular complexity index is 1270. The molecule has 38 heavy (non-hydrogen) atoms. The van der Waals surface area contributed by atoms with Crippen LogP contribution >= 0.6 is 39.1 Å². The second-order valence-electron chi connectivity index (χ2n) is 7.67. The molecule has 14 heteroatoms. The van der Waals surface area contributed by atoms with E-state index in [4.69, 9.17) is 42.7 Å². The maximum atomic E-state index is 8.63. The average molecular weight is 628 g/mol. The predicted octanol–water partition coefficient (Wildman–Crippen LogP) is 3.77. The number of halogens is 3. The van der Waals surface area contributed by atoms with Gasteiger partial charge in [0.2, 0.25) is 0 Å². The van der Waals surface area contributed by atoms with Gasteiger partial charge >= 0.3 is 7.12 Å². The number of rotatable bonds is 8. The molecule has 4 aromatic heterocycles. The highest BCUT2D eigenvalue weighted by molar-refractivity contribution is 9.08. The van der Waals surface area contributed by atoms with E-state index in [1.165, 1.54) is 6.20 Å². The molecule has 0 aliphatic carbocycles. The summed E-state index contributed by atoms with van der Waals surface area (Å²) in [6.07, 6.45) is 10.8. The Labute approximate surface area is 240 Å². The summed E-state index contributed by atoms with van der Waals surface area (Å²) in [7, 11) is 1.81. The van der Waals surface area contributed by atoms with Gasteiger partial charge in [-0.3, -0.25) is 9.36 Å². The minimum absolute atomic E-state index is 0.432. The molecule has 0 saturated carbocycles. The summed E-state index contributed by atoms with van der Waals surface area (Å²) in [5, 5.41) is 27.1. The monoisotopic (exact) mass is 626 g/mol. The molecular weight excluding hydrogens is 598 g/mol. The number of methoxy groups -OCH3 is 2. The van der Waals surface area contributed by atoms with Crippen molar-refractivity contribution in [3.05, 3.63) is 76.3 Å². The molecule has 10 nitrogen and oxygen atoms in total. The van der Waals surface area contributed by atoms with Gasteiger partial charge in [0.15, 0.2) is 0 Å². The van der Waals surface area contributed by atoms with E-state index < -0.39 is 7.12 Å². The van der Waals surface area contributed by atoms with Gasteiger partial charge in [0.25, 0.3) is 0 Å². The third-order valence-corrected chi connectivity index (χ3v) is 6.35. The van der Waals surface area contributed by atoms with Crippen LogP contribution in [0.15, 0.2) is 49.3 Å². The lowest BCUT2D eigenvalue weighted by atomic mass is 9.83. The summed E-state index contributed by atoms with van der Waals surface area (Å²) >= 11 is 15.1. The zero-order valence-corrected chi connectivity index (χ0v) is 24.7. The van der Waals surface area contributed by atoms with E-state index in [0.29, 0.717) is 33.3 Å². The fraction of sp³-hybridized carbons (Fsp3) is 0.333. The van der Waals surface area contributed by atoms with Gasteiger partial charge in [0.1, 0.15) is 21.8 Å². The van der Waals surface area contributed by atoms with E-state index in [1.807, 2.05) is 36.1 Å². The normalized spacial score (nSPS) is 10.1. The molecule has 2 N–H and O–H groups in total. The Hall–Kier alpha value is -2.64. The van der Waals surface area contributed by atoms with Crippen LogP contribution in [0.3, 0.4) is 0 Å². The highest BCUT2D eigenvalue weighted by atomic mass is 79.9. The van der Waals surface area contributed by atoms with Crippen LogP contribution in [0.2, 0.25) is 10.3 Å². The lowest BCUT2D eigenvalue weighted by molar-refractivity contribution is 0.412. The topological polar surface area (TPSA) is 120 Å². The molecule has 0 amide bonds. The lowest BCUT2D eigenvalue weighted by Crippen LogP contribution is -2.28. The highest BCUT2D eigenvalue weighted by Gasteiger charge is 2.12. The Morgan fingerprint density at radius 2 is 1.37 bits per heavy atom. The zero-order chi connectivity index (χ0) is 28.1. The van der Waals surface area contributed by atoms with Crippen LogP contribution in [0.5, 0.6) is 11.5 Å². The molecule has 4 aromatic rings. The van der Waals surface area contributed by atoms with Crippen LogP contribution in [-0.4, -0.2) is 60.9 Å². The average Bonchev–Trinajstić information content (AvgIpc) is 3.61. The summed E-state index contributed by atoms with van der Waals surface area (Å²) in [6, 6.07) is 3.75. The number of aryl methyl sites for hydroxylation is 2. The molecule has 0 radical (unpaired) electrons. The summed E-state index contributed by atoms with van der Waals surface area (Å²) < 4.78 is 13.6. The molecule has 0 aliphatic heterocycles. The molecule has 0 unspecified atom stereocenters. The molecule has 0 fully saturated rings. The molecular formula is C24H30BBrCl2N6O4. The van der Waals surface area contributed by atoms with Crippen LogP contribution in [0.4, 0.5) is 0 Å². The summed E-state index contributed by atoms with van der Waals surface area (Å²) in [5.74, 6) is 1.44. The van der Waals surface area contributed by atoms with Crippen LogP contribution < -0.4 is 14.9 Å². The maximum absolute atomic E-state index is 8.63. The van der Waals surface area contributed by atoms with Gasteiger partial charge in [-0.1, -0.05) is 39.1 Å². The fourth-order valence-corrected chi connectivity index (χ4v) is 3.89. The Balaban J connectivity index is 0.000000211. The molecule has 0 aromatic carbocycles. The maximum Gasteiger partial charge on any atom is 0.491 e. The first-order chi connectivity index (χ1) is 18.2. The van der Waals surface area contributed by atoms with Crippen LogP contribution in [0.25, 0.3) is 0 Å². The first kappa shape index (κ1) is 31.6. The van der Waals surface area contributed by atoms with E-state index in [1.54, 1.807) is 37.5 Å². The largest absolute Gasteiger partial charge is 0.495 e. The van der Waals surface area contributed by atoms with Crippen molar-refractivity contribution in [3.8, 4) is 11.5 Å². The molecule has 4 rings (SSSR count). The van der Waals surface area contributed by atoms with Crippen molar-refractivity contribution in [2.75, 3.05) is 14.2 Å². The minimum Gasteiger partial charge on any atom is -0.495 e. The van der Waals surface area contributed by atoms with Gasteiger partial charge in [-0.15, -0.1) is 0 Å². The first-order valence-corrected chi connectivity index (χ1v) is 13.4. The Morgan fingerprint density at radius 1 is 0.842 bits per heavy atom. The standard InChI is InChI=1S/C12H14ClN3O.C7H7BrClNO.C5H9BN2O2/c1-3-16-8-9(6-15-16)4-10-5-11(17-2)7-14-12(10)13;1-11-6-2-5(3-8)7(9)10-4-6;1-2-8-4-5(3-7-8)6(9)10/h5-8H,3-4H2,1-2H3;2,4H,3H2,1H3;3-4,9-10H,2H2,1H3. The van der Waals surface area contributed by atoms with Crippen molar-refractivity contribution < 1.29 is 19.5 Å². The molecule has 204 valence electrons. The number of aromatic nitrogens is 6. The molecule has 4 heterocycles. The van der Waals surface area contributed by atoms with Gasteiger partial charge in [-0.25, -0.2) is 9.97 Å². The van der Waals surface area contributed by atoms with Crippen molar-refractivity contribution in [2.45, 2.75) is 38.7 Å². The number of pyridine rings is 2. The number of hydrogen-bond donors (Lipinski definition) is 2. The van der Waals surface area contributed by atoms with E-state index in [2.05, 4.69) is 43.0 Å². The summed E-state index contributed by atoms with van der Waals surface area (Å²) in [6.45, 7) is 5.59. The number of nitrogens with zero attached hydrogens (tertiary/aromatic N) is 6. The fourth-order valence-electron chi connectivity index (χ4n) is 2.96. The molecule has 0 atom stereocenters. The molecule has 0 spiro atoms. The van der Waals surface area contributed by atoms with Crippen molar-refractivity contribution in [3.63, 3.8) is 0 Å². The summed E-state index contributed by atoms with van der Waals surface area (Å²) in [4.78, 5) is 8.02. The number of ether oxygens (including phenoxy) is 2. The summed E-state index contributed by atoms with van der Waals surface area (Å²) in [5.41, 5.74) is 3.43. The smallest absolute Gasteiger partial charge is 0.491 e. The number of hydrogen-bond acceptors (Lipinski definition) is 8. The minimum atomic E-state index is -1.40. The van der Waals surface area contributed by atoms with Gasteiger partial charge in [-0.05, 0) is 37.1 Å². The predicted molar refractivity (Wildman–Crippen MR) is 153 cm³/mol. The quantitative estimate of drug-likeness (QED) is 0.172. The zero-order valence-electron chi connectivity index (χ0n) is 21.6. The molecule has 0 bridgehead atoms. The van der Waals surface area contributed by atoms with E-state index in [9.17, 15) is 0 Å². The van der Waals surface area contributed by atoms with Crippen molar-refractivity contribution in [1.82, 2.24) is 29.5 Å². The Morgan fingerprint density at radius 3 is 1.82 bits per heavy atom. The second kappa shape index (κ2) is 16.4. The van der Waals surface area contributed by atoms with E-state index in [0.717, 1.165) is 35.5 Å². The van der Waals surface area contributed by atoms with Crippen LogP contribution in [0, 0.1) is 0 Å². The first-order valence-electron chi connectivity index (χ1n) is 11.6. The number of alkyl halides is 1. The van der Waals surface area contributed by atoms with Gasteiger partial charge < -0.3 is 19.5 Å². The van der Waals surface area contributed by atoms with E-state index in [-0.39, 0.29) is 0 Å². The van der Waals surface area contributed by atoms with Crippen molar-refractivity contribution in [2.24, 2.45) is 0 Å². The molecule has 0 aliphatic rings. The van der Waals surface area contributed by atoms with Crippen molar-refractivity contribution in [1.29, 1.82) is 0 Å². The van der Waals surface area contributed by atoms with Crippen molar-refractivity contribution >= 4 is 51.7 Å². The molecule has 0 saturated heterocycles. The third-order valence-electron chi connectivity index (χ3n) is 5.07. The van der Waals surface area contributed by atoms with Crippen LogP contribution in [-0.2, 0) is 24.8 Å². The van der Waals surface area contributed by atoms with Gasteiger partial charge in [-0.2, -0.15) is 10.2 Å². The second-order valence-corrected chi connectivity index (χ2v) is 8.94.